The first-order valence-corrected chi connectivity index (χ1v) is 7.94. The maximum absolute atomic E-state index is 12.4. The number of nitrogens with zero attached hydrogens (tertiary/aromatic N) is 1. The third kappa shape index (κ3) is 3.51. The van der Waals surface area contributed by atoms with Crippen LogP contribution in [-0.2, 0) is 17.6 Å². The van der Waals surface area contributed by atoms with Crippen molar-refractivity contribution >= 4 is 29.2 Å². The lowest BCUT2D eigenvalue weighted by atomic mass is 9.96. The van der Waals surface area contributed by atoms with Gasteiger partial charge >= 0.3 is 5.97 Å². The average Bonchev–Trinajstić information content (AvgIpc) is 2.98. The van der Waals surface area contributed by atoms with Crippen LogP contribution in [0.3, 0.4) is 0 Å². The monoisotopic (exact) mass is 349 g/mol. The molecule has 0 saturated carbocycles. The molecule has 0 radical (unpaired) electrons. The Morgan fingerprint density at radius 1 is 1.33 bits per heavy atom. The molecule has 126 valence electrons. The number of rotatable bonds is 5. The summed E-state index contributed by atoms with van der Waals surface area (Å²) in [5.41, 5.74) is 2.90. The first kappa shape index (κ1) is 16.3. The molecule has 1 heterocycles. The van der Waals surface area contributed by atoms with Crippen LogP contribution in [0.4, 0.5) is 5.69 Å². The lowest BCUT2D eigenvalue weighted by molar-refractivity contribution is -0.139. The number of halogens is 1. The average molecular weight is 350 g/mol. The predicted molar refractivity (Wildman–Crippen MR) is 87.8 cm³/mol. The molecule has 3 N–H and O–H groups in total. The standard InChI is InChI=1S/C16H16ClN3O4/c17-11-7-9(5-6-13(11)24-8-14(21)22)18-16(23)15-10-3-1-2-4-12(10)19-20-15/h5-7H,1-4,8H2,(H,18,23)(H,19,20)(H,21,22). The van der Waals surface area contributed by atoms with Crippen LogP contribution >= 0.6 is 11.6 Å². The van der Waals surface area contributed by atoms with E-state index < -0.39 is 12.6 Å². The molecule has 1 aromatic heterocycles. The fourth-order valence-corrected chi connectivity index (χ4v) is 2.93. The van der Waals surface area contributed by atoms with Gasteiger partial charge in [-0.3, -0.25) is 9.89 Å². The molecule has 0 atom stereocenters. The summed E-state index contributed by atoms with van der Waals surface area (Å²) in [6, 6.07) is 4.62. The van der Waals surface area contributed by atoms with E-state index in [4.69, 9.17) is 21.4 Å². The summed E-state index contributed by atoms with van der Waals surface area (Å²) >= 11 is 6.05. The van der Waals surface area contributed by atoms with E-state index in [2.05, 4.69) is 15.5 Å². The number of aromatic amines is 1. The smallest absolute Gasteiger partial charge is 0.341 e. The largest absolute Gasteiger partial charge is 0.480 e. The van der Waals surface area contributed by atoms with Gasteiger partial charge in [-0.1, -0.05) is 11.6 Å². The van der Waals surface area contributed by atoms with E-state index in [1.807, 2.05) is 0 Å². The number of amides is 1. The van der Waals surface area contributed by atoms with Gasteiger partial charge in [-0.15, -0.1) is 0 Å². The molecule has 7 nitrogen and oxygen atoms in total. The van der Waals surface area contributed by atoms with Gasteiger partial charge in [0.1, 0.15) is 5.75 Å². The summed E-state index contributed by atoms with van der Waals surface area (Å²) < 4.78 is 5.04. The van der Waals surface area contributed by atoms with Crippen molar-refractivity contribution in [3.63, 3.8) is 0 Å². The number of aryl methyl sites for hydroxylation is 1. The highest BCUT2D eigenvalue weighted by atomic mass is 35.5. The van der Waals surface area contributed by atoms with Crippen LogP contribution in [-0.4, -0.2) is 33.8 Å². The van der Waals surface area contributed by atoms with E-state index in [-0.39, 0.29) is 16.7 Å². The maximum atomic E-state index is 12.4. The number of carbonyl (C=O) groups is 2. The van der Waals surface area contributed by atoms with Crippen molar-refractivity contribution in [2.24, 2.45) is 0 Å². The van der Waals surface area contributed by atoms with Crippen molar-refractivity contribution in [3.05, 3.63) is 40.2 Å². The normalized spacial score (nSPS) is 13.2. The number of aliphatic carboxylic acids is 1. The van der Waals surface area contributed by atoms with E-state index in [0.29, 0.717) is 11.4 Å². The second kappa shape index (κ2) is 6.92. The molecule has 1 amide bonds. The number of carboxylic acids is 1. The first-order chi connectivity index (χ1) is 11.5. The number of nitrogens with one attached hydrogen (secondary N) is 2. The number of carbonyl (C=O) groups excluding carboxylic acids is 1. The van der Waals surface area contributed by atoms with Crippen LogP contribution in [0.1, 0.15) is 34.6 Å². The summed E-state index contributed by atoms with van der Waals surface area (Å²) in [5, 5.41) is 18.6. The molecule has 0 aliphatic heterocycles. The molecule has 1 aromatic carbocycles. The van der Waals surface area contributed by atoms with E-state index in [9.17, 15) is 9.59 Å². The van der Waals surface area contributed by atoms with Crippen LogP contribution in [0.5, 0.6) is 5.75 Å². The van der Waals surface area contributed by atoms with Crippen molar-refractivity contribution in [2.75, 3.05) is 11.9 Å². The molecule has 0 spiro atoms. The van der Waals surface area contributed by atoms with Crippen LogP contribution in [0.2, 0.25) is 5.02 Å². The number of benzene rings is 1. The minimum Gasteiger partial charge on any atom is -0.480 e. The van der Waals surface area contributed by atoms with Gasteiger partial charge in [0.25, 0.3) is 5.91 Å². The van der Waals surface area contributed by atoms with Crippen molar-refractivity contribution < 1.29 is 19.4 Å². The lowest BCUT2D eigenvalue weighted by Gasteiger charge is -2.12. The fourth-order valence-electron chi connectivity index (χ4n) is 2.69. The topological polar surface area (TPSA) is 104 Å². The Morgan fingerprint density at radius 2 is 2.12 bits per heavy atom. The Kier molecular flexibility index (Phi) is 4.71. The summed E-state index contributed by atoms with van der Waals surface area (Å²) in [5.74, 6) is -1.15. The molecule has 8 heteroatoms. The molecule has 2 aromatic rings. The fraction of sp³-hybridized carbons (Fsp3) is 0.312. The van der Waals surface area contributed by atoms with Gasteiger partial charge < -0.3 is 15.2 Å². The van der Waals surface area contributed by atoms with Gasteiger partial charge in [0.2, 0.25) is 0 Å². The molecule has 0 bridgehead atoms. The number of ether oxygens (including phenoxy) is 1. The molecule has 0 fully saturated rings. The minimum absolute atomic E-state index is 0.220. The van der Waals surface area contributed by atoms with Crippen molar-refractivity contribution in [1.29, 1.82) is 0 Å². The van der Waals surface area contributed by atoms with Gasteiger partial charge in [0.15, 0.2) is 12.3 Å². The van der Waals surface area contributed by atoms with Crippen LogP contribution in [0.25, 0.3) is 0 Å². The maximum Gasteiger partial charge on any atom is 0.341 e. The highest BCUT2D eigenvalue weighted by molar-refractivity contribution is 6.32. The Labute approximate surface area is 143 Å². The molecular formula is C16H16ClN3O4. The Balaban J connectivity index is 1.71. The zero-order chi connectivity index (χ0) is 17.1. The van der Waals surface area contributed by atoms with E-state index in [0.717, 1.165) is 36.9 Å². The van der Waals surface area contributed by atoms with Crippen molar-refractivity contribution in [3.8, 4) is 5.75 Å². The molecular weight excluding hydrogens is 334 g/mol. The summed E-state index contributed by atoms with van der Waals surface area (Å²) in [7, 11) is 0. The zero-order valence-corrected chi connectivity index (χ0v) is 13.5. The number of anilines is 1. The molecule has 3 rings (SSSR count). The van der Waals surface area contributed by atoms with E-state index >= 15 is 0 Å². The quantitative estimate of drug-likeness (QED) is 0.769. The second-order valence-corrected chi connectivity index (χ2v) is 5.93. The number of hydrogen-bond acceptors (Lipinski definition) is 4. The predicted octanol–water partition coefficient (Wildman–Crippen LogP) is 2.66. The van der Waals surface area contributed by atoms with E-state index in [1.165, 1.54) is 12.1 Å². The van der Waals surface area contributed by atoms with Gasteiger partial charge in [-0.2, -0.15) is 5.10 Å². The van der Waals surface area contributed by atoms with E-state index in [1.54, 1.807) is 6.07 Å². The first-order valence-electron chi connectivity index (χ1n) is 7.56. The zero-order valence-electron chi connectivity index (χ0n) is 12.8. The Morgan fingerprint density at radius 3 is 2.88 bits per heavy atom. The third-order valence-electron chi connectivity index (χ3n) is 3.81. The summed E-state index contributed by atoms with van der Waals surface area (Å²) in [6.45, 7) is -0.481. The van der Waals surface area contributed by atoms with Crippen LogP contribution in [0, 0.1) is 0 Å². The Bertz CT molecular complexity index is 788. The second-order valence-electron chi connectivity index (χ2n) is 5.52. The van der Waals surface area contributed by atoms with Crippen molar-refractivity contribution in [1.82, 2.24) is 10.2 Å². The van der Waals surface area contributed by atoms with Gasteiger partial charge in [0, 0.05) is 16.9 Å². The molecule has 0 saturated heterocycles. The van der Waals surface area contributed by atoms with Crippen LogP contribution in [0.15, 0.2) is 18.2 Å². The third-order valence-corrected chi connectivity index (χ3v) is 4.11. The molecule has 1 aliphatic rings. The number of fused-ring (bicyclic) bond motifs is 1. The number of H-pyrrole nitrogens is 1. The Hall–Kier alpha value is -2.54. The summed E-state index contributed by atoms with van der Waals surface area (Å²) in [4.78, 5) is 22.9. The van der Waals surface area contributed by atoms with Crippen molar-refractivity contribution in [2.45, 2.75) is 25.7 Å². The van der Waals surface area contributed by atoms with Gasteiger partial charge in [0.05, 0.1) is 5.02 Å². The minimum atomic E-state index is -1.09. The number of hydrogen-bond donors (Lipinski definition) is 3. The summed E-state index contributed by atoms with van der Waals surface area (Å²) in [6.07, 6.45) is 3.91. The molecule has 24 heavy (non-hydrogen) atoms. The van der Waals surface area contributed by atoms with Gasteiger partial charge in [-0.05, 0) is 43.9 Å². The SMILES string of the molecule is O=C(O)COc1ccc(NC(=O)c2n[nH]c3c2CCCC3)cc1Cl. The number of aromatic nitrogens is 2. The molecule has 1 aliphatic carbocycles. The van der Waals surface area contributed by atoms with Crippen LogP contribution < -0.4 is 10.1 Å². The molecule has 0 unspecified atom stereocenters. The lowest BCUT2D eigenvalue weighted by Crippen LogP contribution is -2.15. The van der Waals surface area contributed by atoms with Gasteiger partial charge in [-0.25, -0.2) is 4.79 Å². The number of carboxylic acid groups (broad SMARTS) is 1. The highest BCUT2D eigenvalue weighted by Crippen LogP contribution is 2.28. The highest BCUT2D eigenvalue weighted by Gasteiger charge is 2.21.